The summed E-state index contributed by atoms with van der Waals surface area (Å²) in [5.74, 6) is 0. The highest BCUT2D eigenvalue weighted by Crippen LogP contribution is 2.04. The Morgan fingerprint density at radius 2 is 2.14 bits per heavy atom. The Morgan fingerprint density at radius 1 is 1.36 bits per heavy atom. The monoisotopic (exact) mass is 195 g/mol. The zero-order valence-electron chi connectivity index (χ0n) is 8.75. The third kappa shape index (κ3) is 3.40. The molecule has 78 valence electrons. The molecule has 14 heavy (non-hydrogen) atoms. The molecule has 0 spiro atoms. The molecule has 0 saturated heterocycles. The first-order chi connectivity index (χ1) is 6.74. The quantitative estimate of drug-likeness (QED) is 0.674. The van der Waals surface area contributed by atoms with E-state index in [0.29, 0.717) is 0 Å². The van der Waals surface area contributed by atoms with E-state index < -0.39 is 0 Å². The molecule has 0 aliphatic heterocycles. The highest BCUT2D eigenvalue weighted by molar-refractivity contribution is 5.19. The molecule has 4 heteroatoms. The second-order valence-electron chi connectivity index (χ2n) is 3.35. The predicted octanol–water partition coefficient (Wildman–Crippen LogP) is 0.565. The Bertz CT molecular complexity index is 289. The number of hydrogen-bond donors (Lipinski definition) is 2. The topological polar surface area (TPSA) is 58.0 Å². The Labute approximate surface area is 84.4 Å². The van der Waals surface area contributed by atoms with E-state index >= 15 is 0 Å². The summed E-state index contributed by atoms with van der Waals surface area (Å²) in [7, 11) is 0. The lowest BCUT2D eigenvalue weighted by Gasteiger charge is -2.06. The number of aryl methyl sites for hydroxylation is 2. The molecule has 1 aromatic heterocycles. The molecule has 4 nitrogen and oxygen atoms in total. The molecule has 1 heterocycles. The van der Waals surface area contributed by atoms with Gasteiger partial charge in [0.2, 0.25) is 0 Å². The molecular weight excluding hydrogens is 178 g/mol. The van der Waals surface area contributed by atoms with Crippen LogP contribution in [0, 0.1) is 13.8 Å². The predicted molar refractivity (Wildman–Crippen MR) is 54.9 cm³/mol. The third-order valence-corrected chi connectivity index (χ3v) is 2.03. The fourth-order valence-corrected chi connectivity index (χ4v) is 1.21. The number of nitrogens with zero attached hydrogens (tertiary/aromatic N) is 2. The smallest absolute Gasteiger partial charge is 0.0645 e. The van der Waals surface area contributed by atoms with Crippen molar-refractivity contribution in [2.45, 2.75) is 26.8 Å². The van der Waals surface area contributed by atoms with E-state index in [0.717, 1.165) is 30.9 Å². The van der Waals surface area contributed by atoms with Crippen molar-refractivity contribution < 1.29 is 5.11 Å². The maximum atomic E-state index is 8.60. The number of rotatable bonds is 5. The summed E-state index contributed by atoms with van der Waals surface area (Å²) in [6.07, 6.45) is 0.788. The van der Waals surface area contributed by atoms with Crippen LogP contribution in [0.3, 0.4) is 0 Å². The number of nitrogens with one attached hydrogen (secondary N) is 1. The summed E-state index contributed by atoms with van der Waals surface area (Å²) >= 11 is 0. The van der Waals surface area contributed by atoms with Gasteiger partial charge in [-0.15, -0.1) is 0 Å². The van der Waals surface area contributed by atoms with E-state index in [4.69, 9.17) is 5.11 Å². The van der Waals surface area contributed by atoms with Crippen LogP contribution in [0.15, 0.2) is 6.07 Å². The Morgan fingerprint density at radius 3 is 2.86 bits per heavy atom. The summed E-state index contributed by atoms with van der Waals surface area (Å²) in [5.41, 5.74) is 3.08. The molecule has 0 aliphatic rings. The van der Waals surface area contributed by atoms with E-state index in [2.05, 4.69) is 15.5 Å². The summed E-state index contributed by atoms with van der Waals surface area (Å²) in [5, 5.41) is 19.8. The zero-order chi connectivity index (χ0) is 10.4. The Kier molecular flexibility index (Phi) is 4.49. The first kappa shape index (κ1) is 11.1. The van der Waals surface area contributed by atoms with Crippen LogP contribution >= 0.6 is 0 Å². The molecule has 0 aromatic carbocycles. The normalized spacial score (nSPS) is 10.5. The van der Waals surface area contributed by atoms with Crippen molar-refractivity contribution in [3.05, 3.63) is 23.0 Å². The highest BCUT2D eigenvalue weighted by Gasteiger charge is 2.00. The molecule has 1 aromatic rings. The minimum absolute atomic E-state index is 0.236. The first-order valence-electron chi connectivity index (χ1n) is 4.85. The highest BCUT2D eigenvalue weighted by atomic mass is 16.3. The molecule has 0 atom stereocenters. The molecular formula is C10H17N3O. The van der Waals surface area contributed by atoms with E-state index in [1.165, 1.54) is 5.56 Å². The van der Waals surface area contributed by atoms with Gasteiger partial charge in [0.15, 0.2) is 0 Å². The van der Waals surface area contributed by atoms with Gasteiger partial charge in [-0.2, -0.15) is 10.2 Å². The molecule has 0 amide bonds. The lowest BCUT2D eigenvalue weighted by atomic mass is 10.2. The van der Waals surface area contributed by atoms with Crippen LogP contribution in [0.4, 0.5) is 0 Å². The maximum Gasteiger partial charge on any atom is 0.0645 e. The summed E-state index contributed by atoms with van der Waals surface area (Å²) < 4.78 is 0. The number of aromatic nitrogens is 2. The zero-order valence-corrected chi connectivity index (χ0v) is 8.75. The van der Waals surface area contributed by atoms with Crippen LogP contribution in [-0.4, -0.2) is 28.5 Å². The van der Waals surface area contributed by atoms with Crippen LogP contribution in [0.1, 0.15) is 23.4 Å². The second kappa shape index (κ2) is 5.67. The molecule has 0 bridgehead atoms. The van der Waals surface area contributed by atoms with E-state index in [1.807, 2.05) is 19.9 Å². The second-order valence-corrected chi connectivity index (χ2v) is 3.35. The van der Waals surface area contributed by atoms with Crippen LogP contribution in [-0.2, 0) is 6.54 Å². The van der Waals surface area contributed by atoms with E-state index in [-0.39, 0.29) is 6.61 Å². The van der Waals surface area contributed by atoms with Crippen molar-refractivity contribution in [2.24, 2.45) is 0 Å². The maximum absolute atomic E-state index is 8.60. The third-order valence-electron chi connectivity index (χ3n) is 2.03. The van der Waals surface area contributed by atoms with Gasteiger partial charge in [0.05, 0.1) is 11.4 Å². The molecule has 0 aliphatic carbocycles. The summed E-state index contributed by atoms with van der Waals surface area (Å²) in [4.78, 5) is 0. The number of aliphatic hydroxyl groups excluding tert-OH is 1. The lowest BCUT2D eigenvalue weighted by Crippen LogP contribution is -2.17. The number of hydrogen-bond acceptors (Lipinski definition) is 4. The Hall–Kier alpha value is -1.00. The fourth-order valence-electron chi connectivity index (χ4n) is 1.21. The van der Waals surface area contributed by atoms with Crippen molar-refractivity contribution in [3.63, 3.8) is 0 Å². The molecule has 0 radical (unpaired) electrons. The van der Waals surface area contributed by atoms with Crippen molar-refractivity contribution in [1.29, 1.82) is 0 Å². The molecule has 0 saturated carbocycles. The molecule has 0 fully saturated rings. The minimum Gasteiger partial charge on any atom is -0.396 e. The van der Waals surface area contributed by atoms with Crippen LogP contribution in [0.2, 0.25) is 0 Å². The Balaban J connectivity index is 2.45. The van der Waals surface area contributed by atoms with Gasteiger partial charge in [0, 0.05) is 13.2 Å². The van der Waals surface area contributed by atoms with Crippen molar-refractivity contribution >= 4 is 0 Å². The van der Waals surface area contributed by atoms with Gasteiger partial charge in [-0.05, 0) is 38.4 Å². The SMILES string of the molecule is Cc1cc(CNCCCO)c(C)nn1. The molecule has 0 unspecified atom stereocenters. The van der Waals surface area contributed by atoms with Crippen molar-refractivity contribution in [2.75, 3.05) is 13.2 Å². The van der Waals surface area contributed by atoms with E-state index in [1.54, 1.807) is 0 Å². The van der Waals surface area contributed by atoms with Crippen molar-refractivity contribution in [1.82, 2.24) is 15.5 Å². The van der Waals surface area contributed by atoms with Gasteiger partial charge >= 0.3 is 0 Å². The van der Waals surface area contributed by atoms with Crippen LogP contribution in [0.25, 0.3) is 0 Å². The summed E-state index contributed by atoms with van der Waals surface area (Å²) in [6, 6.07) is 2.04. The van der Waals surface area contributed by atoms with Gasteiger partial charge < -0.3 is 10.4 Å². The number of aliphatic hydroxyl groups is 1. The van der Waals surface area contributed by atoms with E-state index in [9.17, 15) is 0 Å². The molecule has 2 N–H and O–H groups in total. The lowest BCUT2D eigenvalue weighted by molar-refractivity contribution is 0.286. The fraction of sp³-hybridized carbons (Fsp3) is 0.600. The van der Waals surface area contributed by atoms with Crippen LogP contribution in [0.5, 0.6) is 0 Å². The minimum atomic E-state index is 0.236. The molecule has 1 rings (SSSR count). The average Bonchev–Trinajstić information content (AvgIpc) is 2.18. The van der Waals surface area contributed by atoms with Gasteiger partial charge in [0.1, 0.15) is 0 Å². The van der Waals surface area contributed by atoms with Crippen molar-refractivity contribution in [3.8, 4) is 0 Å². The standard InChI is InChI=1S/C10H17N3O/c1-8-6-10(9(2)13-12-8)7-11-4-3-5-14/h6,11,14H,3-5,7H2,1-2H3. The van der Waals surface area contributed by atoms with Gasteiger partial charge in [-0.25, -0.2) is 0 Å². The van der Waals surface area contributed by atoms with Crippen LogP contribution < -0.4 is 5.32 Å². The first-order valence-corrected chi connectivity index (χ1v) is 4.85. The van der Waals surface area contributed by atoms with Gasteiger partial charge in [-0.3, -0.25) is 0 Å². The van der Waals surface area contributed by atoms with Gasteiger partial charge in [-0.1, -0.05) is 0 Å². The summed E-state index contributed by atoms with van der Waals surface area (Å²) in [6.45, 7) is 5.75. The van der Waals surface area contributed by atoms with Gasteiger partial charge in [0.25, 0.3) is 0 Å². The largest absolute Gasteiger partial charge is 0.396 e. The average molecular weight is 195 g/mol.